The van der Waals surface area contributed by atoms with Crippen LogP contribution in [0.5, 0.6) is 0 Å². The highest BCUT2D eigenvalue weighted by Crippen LogP contribution is 2.30. The second-order valence-electron chi connectivity index (χ2n) is 3.12. The Hall–Kier alpha value is -0.560. The van der Waals surface area contributed by atoms with E-state index in [1.165, 1.54) is 11.1 Å². The molecule has 0 fully saturated rings. The van der Waals surface area contributed by atoms with Gasteiger partial charge in [0.05, 0.1) is 6.10 Å². The molecule has 0 saturated heterocycles. The fourth-order valence-corrected chi connectivity index (χ4v) is 1.73. The third kappa shape index (κ3) is 1.93. The zero-order valence-electron chi connectivity index (χ0n) is 7.14. The summed E-state index contributed by atoms with van der Waals surface area (Å²) < 4.78 is 0. The first-order chi connectivity index (χ1) is 5.27. The number of aliphatic hydroxyl groups excluding tert-OH is 1. The number of allylic oxidation sites excluding steroid dienone is 1. The van der Waals surface area contributed by atoms with E-state index in [2.05, 4.69) is 13.5 Å². The first kappa shape index (κ1) is 8.54. The topological polar surface area (TPSA) is 20.2 Å². The summed E-state index contributed by atoms with van der Waals surface area (Å²) in [5.41, 5.74) is 2.85. The van der Waals surface area contributed by atoms with Crippen LogP contribution in [0.1, 0.15) is 32.6 Å². The minimum Gasteiger partial charge on any atom is -0.392 e. The Kier molecular flexibility index (Phi) is 2.89. The Labute approximate surface area is 68.4 Å². The Morgan fingerprint density at radius 1 is 1.55 bits per heavy atom. The van der Waals surface area contributed by atoms with Crippen molar-refractivity contribution in [3.8, 4) is 0 Å². The predicted octanol–water partition coefficient (Wildman–Crippen LogP) is 2.42. The van der Waals surface area contributed by atoms with Crippen LogP contribution in [-0.2, 0) is 0 Å². The van der Waals surface area contributed by atoms with Crippen molar-refractivity contribution in [3.63, 3.8) is 0 Å². The first-order valence-corrected chi connectivity index (χ1v) is 4.26. The molecule has 11 heavy (non-hydrogen) atoms. The minimum absolute atomic E-state index is 0.111. The lowest BCUT2D eigenvalue weighted by molar-refractivity contribution is 0.185. The molecular formula is C10H16O. The van der Waals surface area contributed by atoms with Gasteiger partial charge in [0.25, 0.3) is 0 Å². The summed E-state index contributed by atoms with van der Waals surface area (Å²) in [5.74, 6) is 0. The van der Waals surface area contributed by atoms with E-state index in [9.17, 15) is 5.11 Å². The fraction of sp³-hybridized carbons (Fsp3) is 0.600. The van der Waals surface area contributed by atoms with Gasteiger partial charge in [-0.25, -0.2) is 0 Å². The van der Waals surface area contributed by atoms with Gasteiger partial charge in [-0.3, -0.25) is 0 Å². The highest BCUT2D eigenvalue weighted by atomic mass is 16.3. The Bertz CT molecular complexity index is 179. The molecule has 0 heterocycles. The predicted molar refractivity (Wildman–Crippen MR) is 47.4 cm³/mol. The van der Waals surface area contributed by atoms with Gasteiger partial charge in [-0.05, 0) is 25.7 Å². The maximum Gasteiger partial charge on any atom is 0.0614 e. The number of aliphatic hydroxyl groups is 1. The van der Waals surface area contributed by atoms with Crippen molar-refractivity contribution in [2.45, 2.75) is 38.7 Å². The van der Waals surface area contributed by atoms with Gasteiger partial charge in [0, 0.05) is 0 Å². The molecule has 0 aliphatic heterocycles. The molecule has 62 valence electrons. The van der Waals surface area contributed by atoms with E-state index in [0.717, 1.165) is 25.7 Å². The Balaban J connectivity index is 2.62. The molecule has 0 amide bonds. The van der Waals surface area contributed by atoms with Crippen molar-refractivity contribution in [3.05, 3.63) is 23.8 Å². The van der Waals surface area contributed by atoms with Crippen LogP contribution in [0.3, 0.4) is 0 Å². The average Bonchev–Trinajstić information content (AvgIpc) is 2.32. The third-order valence-electron chi connectivity index (χ3n) is 2.28. The van der Waals surface area contributed by atoms with Crippen LogP contribution in [0.25, 0.3) is 0 Å². The molecule has 0 bridgehead atoms. The van der Waals surface area contributed by atoms with Crippen LogP contribution in [0.15, 0.2) is 23.8 Å². The molecule has 1 rings (SSSR count). The minimum atomic E-state index is -0.111. The summed E-state index contributed by atoms with van der Waals surface area (Å²) in [5, 5.41) is 9.35. The summed E-state index contributed by atoms with van der Waals surface area (Å²) in [6.07, 6.45) is 5.61. The van der Waals surface area contributed by atoms with E-state index < -0.39 is 0 Å². The standard InChI is InChI=1S/C10H16O/c1-3-5-9-7-10(11)6-8(9)4-2/h3,10-11H,1,4-7H2,2H3. The summed E-state index contributed by atoms with van der Waals surface area (Å²) in [7, 11) is 0. The monoisotopic (exact) mass is 152 g/mol. The van der Waals surface area contributed by atoms with Crippen molar-refractivity contribution in [2.24, 2.45) is 0 Å². The van der Waals surface area contributed by atoms with Crippen molar-refractivity contribution in [1.29, 1.82) is 0 Å². The van der Waals surface area contributed by atoms with Gasteiger partial charge < -0.3 is 5.11 Å². The quantitative estimate of drug-likeness (QED) is 0.616. The molecule has 0 radical (unpaired) electrons. The van der Waals surface area contributed by atoms with Crippen molar-refractivity contribution >= 4 is 0 Å². The lowest BCUT2D eigenvalue weighted by atomic mass is 10.1. The van der Waals surface area contributed by atoms with E-state index in [0.29, 0.717) is 0 Å². The van der Waals surface area contributed by atoms with Gasteiger partial charge >= 0.3 is 0 Å². The molecule has 0 aromatic rings. The zero-order chi connectivity index (χ0) is 8.27. The smallest absolute Gasteiger partial charge is 0.0614 e. The van der Waals surface area contributed by atoms with Gasteiger partial charge in [-0.1, -0.05) is 24.1 Å². The normalized spacial score (nSPS) is 24.4. The first-order valence-electron chi connectivity index (χ1n) is 4.26. The average molecular weight is 152 g/mol. The van der Waals surface area contributed by atoms with Crippen LogP contribution >= 0.6 is 0 Å². The zero-order valence-corrected chi connectivity index (χ0v) is 7.14. The second-order valence-corrected chi connectivity index (χ2v) is 3.12. The second kappa shape index (κ2) is 3.72. The van der Waals surface area contributed by atoms with Crippen molar-refractivity contribution < 1.29 is 5.11 Å². The SMILES string of the molecule is C=CCC1=C(CC)CC(O)C1. The van der Waals surface area contributed by atoms with E-state index in [4.69, 9.17) is 0 Å². The third-order valence-corrected chi connectivity index (χ3v) is 2.28. The Morgan fingerprint density at radius 3 is 2.73 bits per heavy atom. The molecule has 1 nitrogen and oxygen atoms in total. The summed E-state index contributed by atoms with van der Waals surface area (Å²) in [6.45, 7) is 5.85. The highest BCUT2D eigenvalue weighted by molar-refractivity contribution is 5.23. The molecule has 1 unspecified atom stereocenters. The van der Waals surface area contributed by atoms with E-state index in [1.54, 1.807) is 0 Å². The van der Waals surface area contributed by atoms with E-state index >= 15 is 0 Å². The van der Waals surface area contributed by atoms with Gasteiger partial charge in [0.2, 0.25) is 0 Å². The van der Waals surface area contributed by atoms with Crippen LogP contribution in [0, 0.1) is 0 Å². The van der Waals surface area contributed by atoms with Gasteiger partial charge in [0.1, 0.15) is 0 Å². The maximum absolute atomic E-state index is 9.35. The molecule has 1 aliphatic rings. The van der Waals surface area contributed by atoms with Gasteiger partial charge in [-0.2, -0.15) is 0 Å². The maximum atomic E-state index is 9.35. The summed E-state index contributed by atoms with van der Waals surface area (Å²) >= 11 is 0. The lowest BCUT2D eigenvalue weighted by Crippen LogP contribution is -1.98. The summed E-state index contributed by atoms with van der Waals surface area (Å²) in [4.78, 5) is 0. The molecule has 0 aromatic carbocycles. The molecule has 1 aliphatic carbocycles. The molecule has 1 N–H and O–H groups in total. The molecule has 1 atom stereocenters. The van der Waals surface area contributed by atoms with Crippen LogP contribution < -0.4 is 0 Å². The van der Waals surface area contributed by atoms with Crippen molar-refractivity contribution in [1.82, 2.24) is 0 Å². The molecule has 0 aromatic heterocycles. The van der Waals surface area contributed by atoms with E-state index in [-0.39, 0.29) is 6.10 Å². The summed E-state index contributed by atoms with van der Waals surface area (Å²) in [6, 6.07) is 0. The number of hydrogen-bond donors (Lipinski definition) is 1. The lowest BCUT2D eigenvalue weighted by Gasteiger charge is -1.99. The van der Waals surface area contributed by atoms with Crippen LogP contribution in [-0.4, -0.2) is 11.2 Å². The molecule has 0 saturated carbocycles. The highest BCUT2D eigenvalue weighted by Gasteiger charge is 2.19. The largest absolute Gasteiger partial charge is 0.392 e. The van der Waals surface area contributed by atoms with Crippen LogP contribution in [0.4, 0.5) is 0 Å². The van der Waals surface area contributed by atoms with Crippen molar-refractivity contribution in [2.75, 3.05) is 0 Å². The number of hydrogen-bond acceptors (Lipinski definition) is 1. The van der Waals surface area contributed by atoms with Gasteiger partial charge in [-0.15, -0.1) is 6.58 Å². The molecule has 0 spiro atoms. The number of rotatable bonds is 3. The van der Waals surface area contributed by atoms with Gasteiger partial charge in [0.15, 0.2) is 0 Å². The molecule has 1 heteroatoms. The van der Waals surface area contributed by atoms with Crippen LogP contribution in [0.2, 0.25) is 0 Å². The molecular weight excluding hydrogens is 136 g/mol. The Morgan fingerprint density at radius 2 is 2.18 bits per heavy atom. The fourth-order valence-electron chi connectivity index (χ4n) is 1.73. The van der Waals surface area contributed by atoms with E-state index in [1.807, 2.05) is 6.08 Å².